The zero-order valence-corrected chi connectivity index (χ0v) is 28.6. The van der Waals surface area contributed by atoms with Crippen molar-refractivity contribution in [1.29, 1.82) is 0 Å². The minimum Gasteiger partial charge on any atom is -0.436 e. The average Bonchev–Trinajstić information content (AvgIpc) is 3.87. The predicted molar refractivity (Wildman–Crippen MR) is 216 cm³/mol. The third-order valence-corrected chi connectivity index (χ3v) is 9.74. The number of benzene rings is 8. The Labute approximate surface area is 306 Å². The van der Waals surface area contributed by atoms with Gasteiger partial charge in [-0.05, 0) is 124 Å². The standard InChI is InChI=1S/C48H31N3O2/c1-2-9-35(10-3-1)47-50-44-29-22-39(31-46(44)53-47)34-18-25-41(26-19-34)51(42-27-20-36(21-28-42)48-49-43-12-6-7-13-45(43)52-48)40-23-16-33(17-24-40)38-15-14-32-8-4-5-11-37(32)30-38/h1-31H. The maximum Gasteiger partial charge on any atom is 0.227 e. The first kappa shape index (κ1) is 30.6. The summed E-state index contributed by atoms with van der Waals surface area (Å²) in [6.45, 7) is 0. The van der Waals surface area contributed by atoms with E-state index >= 15 is 0 Å². The van der Waals surface area contributed by atoms with Crippen molar-refractivity contribution in [3.05, 3.63) is 188 Å². The van der Waals surface area contributed by atoms with E-state index in [2.05, 4.69) is 132 Å². The largest absolute Gasteiger partial charge is 0.436 e. The van der Waals surface area contributed by atoms with Gasteiger partial charge in [0.1, 0.15) is 11.0 Å². The van der Waals surface area contributed by atoms with Crippen LogP contribution in [0.25, 0.3) is 78.1 Å². The summed E-state index contributed by atoms with van der Waals surface area (Å²) in [7, 11) is 0. The van der Waals surface area contributed by atoms with Gasteiger partial charge in [0.05, 0.1) is 0 Å². The number of rotatable bonds is 7. The molecule has 0 amide bonds. The van der Waals surface area contributed by atoms with E-state index < -0.39 is 0 Å². The number of anilines is 3. The molecule has 0 aliphatic rings. The Kier molecular flexibility index (Phi) is 7.40. The zero-order valence-electron chi connectivity index (χ0n) is 28.6. The topological polar surface area (TPSA) is 55.3 Å². The van der Waals surface area contributed by atoms with E-state index in [4.69, 9.17) is 18.8 Å². The van der Waals surface area contributed by atoms with E-state index in [9.17, 15) is 0 Å². The highest BCUT2D eigenvalue weighted by Crippen LogP contribution is 2.38. The molecule has 10 aromatic rings. The first-order valence-electron chi connectivity index (χ1n) is 17.6. The van der Waals surface area contributed by atoms with Gasteiger partial charge in [-0.15, -0.1) is 0 Å². The molecular formula is C48H31N3O2. The van der Waals surface area contributed by atoms with Crippen LogP contribution in [0.3, 0.4) is 0 Å². The molecule has 250 valence electrons. The van der Waals surface area contributed by atoms with Crippen LogP contribution in [0.2, 0.25) is 0 Å². The van der Waals surface area contributed by atoms with E-state index in [1.165, 1.54) is 21.9 Å². The van der Waals surface area contributed by atoms with Gasteiger partial charge in [0.15, 0.2) is 11.2 Å². The van der Waals surface area contributed by atoms with E-state index in [-0.39, 0.29) is 0 Å². The molecule has 0 atom stereocenters. The summed E-state index contributed by atoms with van der Waals surface area (Å²) in [4.78, 5) is 11.7. The minimum atomic E-state index is 0.605. The highest BCUT2D eigenvalue weighted by Gasteiger charge is 2.16. The Morgan fingerprint density at radius 3 is 1.45 bits per heavy atom. The molecule has 0 aliphatic carbocycles. The molecule has 0 saturated carbocycles. The van der Waals surface area contributed by atoms with Crippen molar-refractivity contribution in [2.75, 3.05) is 4.90 Å². The molecule has 0 radical (unpaired) electrons. The van der Waals surface area contributed by atoms with E-state index in [0.29, 0.717) is 11.8 Å². The van der Waals surface area contributed by atoms with Crippen LogP contribution in [0.4, 0.5) is 17.1 Å². The van der Waals surface area contributed by atoms with Crippen molar-refractivity contribution in [3.8, 4) is 45.2 Å². The monoisotopic (exact) mass is 681 g/mol. The van der Waals surface area contributed by atoms with Gasteiger partial charge in [0.25, 0.3) is 0 Å². The molecule has 53 heavy (non-hydrogen) atoms. The third kappa shape index (κ3) is 5.80. The van der Waals surface area contributed by atoms with E-state index in [1.54, 1.807) is 0 Å². The van der Waals surface area contributed by atoms with Crippen molar-refractivity contribution < 1.29 is 8.83 Å². The fourth-order valence-corrected chi connectivity index (χ4v) is 6.98. The summed E-state index contributed by atoms with van der Waals surface area (Å²) in [6.07, 6.45) is 0. The molecule has 0 spiro atoms. The van der Waals surface area contributed by atoms with Crippen LogP contribution < -0.4 is 4.90 Å². The lowest BCUT2D eigenvalue weighted by atomic mass is 10.0. The molecule has 0 bridgehead atoms. The molecule has 0 saturated heterocycles. The molecule has 10 rings (SSSR count). The third-order valence-electron chi connectivity index (χ3n) is 9.74. The van der Waals surface area contributed by atoms with Crippen LogP contribution in [0.1, 0.15) is 0 Å². The number of hydrogen-bond acceptors (Lipinski definition) is 5. The first-order chi connectivity index (χ1) is 26.2. The maximum absolute atomic E-state index is 6.18. The molecule has 5 nitrogen and oxygen atoms in total. The lowest BCUT2D eigenvalue weighted by molar-refractivity contribution is 0.619. The van der Waals surface area contributed by atoms with Gasteiger partial charge in [0.2, 0.25) is 11.8 Å². The zero-order chi connectivity index (χ0) is 35.1. The normalized spacial score (nSPS) is 11.4. The first-order valence-corrected chi connectivity index (χ1v) is 17.6. The quantitative estimate of drug-likeness (QED) is 0.168. The van der Waals surface area contributed by atoms with Gasteiger partial charge < -0.3 is 13.7 Å². The number of nitrogens with zero attached hydrogens (tertiary/aromatic N) is 3. The Bertz CT molecular complexity index is 2840. The van der Waals surface area contributed by atoms with Crippen molar-refractivity contribution >= 4 is 50.0 Å². The summed E-state index contributed by atoms with van der Waals surface area (Å²) < 4.78 is 12.3. The number of fused-ring (bicyclic) bond motifs is 3. The highest BCUT2D eigenvalue weighted by atomic mass is 16.4. The van der Waals surface area contributed by atoms with E-state index in [1.807, 2.05) is 60.7 Å². The lowest BCUT2D eigenvalue weighted by Gasteiger charge is -2.26. The van der Waals surface area contributed by atoms with Gasteiger partial charge in [-0.2, -0.15) is 0 Å². The average molecular weight is 682 g/mol. The Hall–Kier alpha value is -7.24. The fourth-order valence-electron chi connectivity index (χ4n) is 6.98. The van der Waals surface area contributed by atoms with Crippen LogP contribution >= 0.6 is 0 Å². The molecule has 2 heterocycles. The summed E-state index contributed by atoms with van der Waals surface area (Å²) in [6, 6.07) is 65.0. The van der Waals surface area contributed by atoms with Crippen molar-refractivity contribution in [2.45, 2.75) is 0 Å². The minimum absolute atomic E-state index is 0.605. The smallest absolute Gasteiger partial charge is 0.227 e. The van der Waals surface area contributed by atoms with Crippen LogP contribution in [0.5, 0.6) is 0 Å². The second-order valence-corrected chi connectivity index (χ2v) is 13.1. The molecule has 8 aromatic carbocycles. The van der Waals surface area contributed by atoms with Gasteiger partial charge in [-0.25, -0.2) is 9.97 Å². The summed E-state index contributed by atoms with van der Waals surface area (Å²) in [5, 5.41) is 2.47. The van der Waals surface area contributed by atoms with Crippen LogP contribution in [0.15, 0.2) is 197 Å². The van der Waals surface area contributed by atoms with Crippen LogP contribution in [-0.2, 0) is 0 Å². The number of oxazole rings is 2. The highest BCUT2D eigenvalue weighted by molar-refractivity contribution is 5.88. The lowest BCUT2D eigenvalue weighted by Crippen LogP contribution is -2.09. The second-order valence-electron chi connectivity index (χ2n) is 13.1. The van der Waals surface area contributed by atoms with Gasteiger partial charge >= 0.3 is 0 Å². The summed E-state index contributed by atoms with van der Waals surface area (Å²) >= 11 is 0. The Balaban J connectivity index is 1.000. The predicted octanol–water partition coefficient (Wildman–Crippen LogP) is 13.3. The summed E-state index contributed by atoms with van der Waals surface area (Å²) in [5.41, 5.74) is 12.7. The Morgan fingerprint density at radius 2 is 0.792 bits per heavy atom. The van der Waals surface area contributed by atoms with Crippen molar-refractivity contribution in [1.82, 2.24) is 9.97 Å². The van der Waals surface area contributed by atoms with Gasteiger partial charge in [-0.1, -0.05) is 97.1 Å². The number of aromatic nitrogens is 2. The maximum atomic E-state index is 6.18. The van der Waals surface area contributed by atoms with Crippen LogP contribution in [0, 0.1) is 0 Å². The van der Waals surface area contributed by atoms with Crippen molar-refractivity contribution in [2.24, 2.45) is 0 Å². The van der Waals surface area contributed by atoms with Crippen molar-refractivity contribution in [3.63, 3.8) is 0 Å². The molecule has 5 heteroatoms. The van der Waals surface area contributed by atoms with E-state index in [0.717, 1.165) is 61.5 Å². The SMILES string of the molecule is c1ccc(-c2nc3ccc(-c4ccc(N(c5ccc(-c6ccc7ccccc7c6)cc5)c5ccc(-c6nc7ccccc7o6)cc5)cc4)cc3o2)cc1. The Morgan fingerprint density at radius 1 is 0.321 bits per heavy atom. The molecule has 0 unspecified atom stereocenters. The van der Waals surface area contributed by atoms with Gasteiger partial charge in [0, 0.05) is 28.2 Å². The molecular weight excluding hydrogens is 651 g/mol. The molecule has 0 aliphatic heterocycles. The summed E-state index contributed by atoms with van der Waals surface area (Å²) in [5.74, 6) is 1.23. The number of hydrogen-bond donors (Lipinski definition) is 0. The molecule has 2 aromatic heterocycles. The molecule has 0 N–H and O–H groups in total. The number of para-hydroxylation sites is 2. The van der Waals surface area contributed by atoms with Crippen LogP contribution in [-0.4, -0.2) is 9.97 Å². The fraction of sp³-hybridized carbons (Fsp3) is 0. The molecule has 0 fully saturated rings. The second kappa shape index (κ2) is 12.8. The van der Waals surface area contributed by atoms with Gasteiger partial charge in [-0.3, -0.25) is 0 Å².